The van der Waals surface area contributed by atoms with Crippen molar-refractivity contribution in [2.45, 2.75) is 66.8 Å². The first-order valence-corrected chi connectivity index (χ1v) is 7.24. The highest BCUT2D eigenvalue weighted by Gasteiger charge is 2.38. The lowest BCUT2D eigenvalue weighted by molar-refractivity contribution is 0.105. The predicted molar refractivity (Wildman–Crippen MR) is 80.3 cm³/mol. The van der Waals surface area contributed by atoms with Gasteiger partial charge in [0.05, 0.1) is 11.4 Å². The zero-order chi connectivity index (χ0) is 14.3. The fourth-order valence-electron chi connectivity index (χ4n) is 3.82. The summed E-state index contributed by atoms with van der Waals surface area (Å²) >= 11 is 0. The first kappa shape index (κ1) is 14.3. The van der Waals surface area contributed by atoms with Crippen LogP contribution in [-0.4, -0.2) is 16.0 Å². The molecule has 0 bridgehead atoms. The molecule has 0 saturated heterocycles. The quantitative estimate of drug-likeness (QED) is 0.870. The average molecular weight is 261 g/mol. The van der Waals surface area contributed by atoms with E-state index < -0.39 is 0 Å². The normalized spacial score (nSPS) is 22.2. The third kappa shape index (κ3) is 3.68. The zero-order valence-electron chi connectivity index (χ0n) is 13.2. The van der Waals surface area contributed by atoms with Gasteiger partial charge in [0.25, 0.3) is 0 Å². The maximum Gasteiger partial charge on any atom is 0.147 e. The molecule has 1 aromatic heterocycles. The van der Waals surface area contributed by atoms with Crippen molar-refractivity contribution in [3.63, 3.8) is 0 Å². The highest BCUT2D eigenvalue weighted by molar-refractivity contribution is 5.40. The minimum absolute atomic E-state index is 0.393. The summed E-state index contributed by atoms with van der Waals surface area (Å²) in [4.78, 5) is 8.98. The summed E-state index contributed by atoms with van der Waals surface area (Å²) in [5.74, 6) is 0.957. The van der Waals surface area contributed by atoms with Crippen LogP contribution >= 0.6 is 0 Å². The van der Waals surface area contributed by atoms with Crippen molar-refractivity contribution in [3.05, 3.63) is 17.6 Å². The molecule has 0 unspecified atom stereocenters. The first-order chi connectivity index (χ1) is 8.67. The van der Waals surface area contributed by atoms with Crippen molar-refractivity contribution >= 4 is 5.82 Å². The third-order valence-corrected chi connectivity index (χ3v) is 3.97. The molecule has 0 spiro atoms. The molecule has 1 N–H and O–H groups in total. The van der Waals surface area contributed by atoms with Crippen molar-refractivity contribution in [2.75, 3.05) is 5.32 Å². The van der Waals surface area contributed by atoms with Crippen LogP contribution in [-0.2, 0) is 0 Å². The van der Waals surface area contributed by atoms with Gasteiger partial charge >= 0.3 is 0 Å². The first-order valence-electron chi connectivity index (χ1n) is 7.24. The molecule has 1 aliphatic carbocycles. The van der Waals surface area contributed by atoms with Gasteiger partial charge in [-0.15, -0.1) is 0 Å². The maximum absolute atomic E-state index is 4.59. The summed E-state index contributed by atoms with van der Waals surface area (Å²) in [6, 6.07) is 0.494. The van der Waals surface area contributed by atoms with Crippen molar-refractivity contribution in [2.24, 2.45) is 10.8 Å². The third-order valence-electron chi connectivity index (χ3n) is 3.97. The van der Waals surface area contributed by atoms with Crippen LogP contribution in [0.1, 0.15) is 58.3 Å². The number of hydrogen-bond acceptors (Lipinski definition) is 3. The van der Waals surface area contributed by atoms with Crippen molar-refractivity contribution in [1.29, 1.82) is 0 Å². The molecule has 0 radical (unpaired) electrons. The number of hydrogen-bond donors (Lipinski definition) is 1. The van der Waals surface area contributed by atoms with E-state index >= 15 is 0 Å². The van der Waals surface area contributed by atoms with E-state index in [1.807, 2.05) is 20.0 Å². The Labute approximate surface area is 117 Å². The predicted octanol–water partition coefficient (Wildman–Crippen LogP) is 4.11. The molecule has 1 aliphatic rings. The number of aromatic nitrogens is 2. The van der Waals surface area contributed by atoms with Crippen molar-refractivity contribution < 1.29 is 0 Å². The Balaban J connectivity index is 2.16. The Hall–Kier alpha value is -1.12. The van der Waals surface area contributed by atoms with Crippen LogP contribution in [0.4, 0.5) is 5.82 Å². The lowest BCUT2D eigenvalue weighted by Gasteiger charge is -2.45. The SMILES string of the molecule is Cc1cnc(C)c(NC2CC(C)(C)CC(C)(C)C2)n1. The summed E-state index contributed by atoms with van der Waals surface area (Å²) < 4.78 is 0. The Morgan fingerprint density at radius 3 is 2.26 bits per heavy atom. The summed E-state index contributed by atoms with van der Waals surface area (Å²) in [7, 11) is 0. The molecule has 3 heteroatoms. The molecule has 3 nitrogen and oxygen atoms in total. The summed E-state index contributed by atoms with van der Waals surface area (Å²) in [5.41, 5.74) is 2.75. The van der Waals surface area contributed by atoms with Gasteiger partial charge in [0.1, 0.15) is 5.82 Å². The molecular formula is C16H27N3. The maximum atomic E-state index is 4.59. The van der Waals surface area contributed by atoms with Crippen LogP contribution in [0.3, 0.4) is 0 Å². The number of aryl methyl sites for hydroxylation is 2. The van der Waals surface area contributed by atoms with Gasteiger partial charge in [-0.05, 0) is 43.9 Å². The number of nitrogens with one attached hydrogen (secondary N) is 1. The van der Waals surface area contributed by atoms with Crippen LogP contribution < -0.4 is 5.32 Å². The standard InChI is InChI=1S/C16H27N3/c1-11-9-17-12(2)14(18-11)19-13-7-15(3,4)10-16(5,6)8-13/h9,13H,7-8,10H2,1-6H3,(H,18,19). The van der Waals surface area contributed by atoms with Gasteiger partial charge < -0.3 is 5.32 Å². The lowest BCUT2D eigenvalue weighted by atomic mass is 9.63. The van der Waals surface area contributed by atoms with E-state index in [9.17, 15) is 0 Å². The van der Waals surface area contributed by atoms with Crippen molar-refractivity contribution in [3.8, 4) is 0 Å². The Bertz CT molecular complexity index is 447. The molecule has 0 aliphatic heterocycles. The van der Waals surface area contributed by atoms with Crippen LogP contribution in [0.5, 0.6) is 0 Å². The van der Waals surface area contributed by atoms with Crippen LogP contribution in [0.2, 0.25) is 0 Å². The van der Waals surface area contributed by atoms with Crippen LogP contribution in [0.25, 0.3) is 0 Å². The molecule has 19 heavy (non-hydrogen) atoms. The summed E-state index contributed by atoms with van der Waals surface area (Å²) in [6.45, 7) is 13.5. The van der Waals surface area contributed by atoms with E-state index in [4.69, 9.17) is 0 Å². The molecule has 1 heterocycles. The second-order valence-corrected chi connectivity index (χ2v) is 7.70. The molecule has 1 fully saturated rings. The summed E-state index contributed by atoms with van der Waals surface area (Å²) in [5, 5.41) is 3.63. The van der Waals surface area contributed by atoms with E-state index in [1.165, 1.54) is 19.3 Å². The summed E-state index contributed by atoms with van der Waals surface area (Å²) in [6.07, 6.45) is 5.52. The second kappa shape index (κ2) is 4.77. The van der Waals surface area contributed by atoms with Gasteiger partial charge in [-0.2, -0.15) is 0 Å². The van der Waals surface area contributed by atoms with E-state index in [0.29, 0.717) is 16.9 Å². The van der Waals surface area contributed by atoms with E-state index in [2.05, 4.69) is 43.0 Å². The molecular weight excluding hydrogens is 234 g/mol. The number of rotatable bonds is 2. The minimum atomic E-state index is 0.393. The highest BCUT2D eigenvalue weighted by Crippen LogP contribution is 2.46. The molecule has 1 saturated carbocycles. The van der Waals surface area contributed by atoms with Gasteiger partial charge in [-0.1, -0.05) is 27.7 Å². The monoisotopic (exact) mass is 261 g/mol. The van der Waals surface area contributed by atoms with E-state index in [0.717, 1.165) is 17.2 Å². The molecule has 1 aromatic rings. The largest absolute Gasteiger partial charge is 0.366 e. The van der Waals surface area contributed by atoms with E-state index in [1.54, 1.807) is 0 Å². The lowest BCUT2D eigenvalue weighted by Crippen LogP contribution is -2.40. The molecule has 0 amide bonds. The van der Waals surface area contributed by atoms with Crippen LogP contribution in [0, 0.1) is 24.7 Å². The van der Waals surface area contributed by atoms with Gasteiger partial charge in [0, 0.05) is 12.2 Å². The number of anilines is 1. The topological polar surface area (TPSA) is 37.8 Å². The van der Waals surface area contributed by atoms with Gasteiger partial charge in [-0.3, -0.25) is 4.98 Å². The average Bonchev–Trinajstić information content (AvgIpc) is 2.18. The van der Waals surface area contributed by atoms with Gasteiger partial charge in [-0.25, -0.2) is 4.98 Å². The molecule has 0 aromatic carbocycles. The molecule has 106 valence electrons. The fraction of sp³-hybridized carbons (Fsp3) is 0.750. The van der Waals surface area contributed by atoms with Crippen molar-refractivity contribution in [1.82, 2.24) is 9.97 Å². The zero-order valence-corrected chi connectivity index (χ0v) is 13.2. The second-order valence-electron chi connectivity index (χ2n) is 7.70. The Morgan fingerprint density at radius 1 is 1.11 bits per heavy atom. The molecule has 0 atom stereocenters. The number of nitrogens with zero attached hydrogens (tertiary/aromatic N) is 2. The fourth-order valence-corrected chi connectivity index (χ4v) is 3.82. The van der Waals surface area contributed by atoms with Gasteiger partial charge in [0.2, 0.25) is 0 Å². The van der Waals surface area contributed by atoms with Gasteiger partial charge in [0.15, 0.2) is 0 Å². The minimum Gasteiger partial charge on any atom is -0.366 e. The highest BCUT2D eigenvalue weighted by atomic mass is 15.0. The van der Waals surface area contributed by atoms with Crippen LogP contribution in [0.15, 0.2) is 6.20 Å². The molecule has 2 rings (SSSR count). The Morgan fingerprint density at radius 2 is 1.68 bits per heavy atom. The Kier molecular flexibility index (Phi) is 3.59. The van der Waals surface area contributed by atoms with E-state index in [-0.39, 0.29) is 0 Å². The smallest absolute Gasteiger partial charge is 0.147 e.